The van der Waals surface area contributed by atoms with Crippen molar-refractivity contribution < 1.29 is 14.3 Å². The number of ether oxygens (including phenoxy) is 1. The van der Waals surface area contributed by atoms with Gasteiger partial charge in [0.2, 0.25) is 5.91 Å². The molecule has 132 valence electrons. The summed E-state index contributed by atoms with van der Waals surface area (Å²) in [6.45, 7) is 4.08. The van der Waals surface area contributed by atoms with Gasteiger partial charge in [-0.15, -0.1) is 11.3 Å². The van der Waals surface area contributed by atoms with Crippen LogP contribution in [0.5, 0.6) is 0 Å². The lowest BCUT2D eigenvalue weighted by Gasteiger charge is -2.20. The van der Waals surface area contributed by atoms with Crippen molar-refractivity contribution in [2.24, 2.45) is 0 Å². The maximum Gasteiger partial charge on any atom is 0.325 e. The number of amides is 1. The molecule has 1 aromatic heterocycles. The van der Waals surface area contributed by atoms with Crippen LogP contribution < -0.4 is 0 Å². The molecule has 0 N–H and O–H groups in total. The Balaban J connectivity index is 2.11. The monoisotopic (exact) mass is 378 g/mol. The van der Waals surface area contributed by atoms with E-state index in [4.69, 9.17) is 16.3 Å². The summed E-state index contributed by atoms with van der Waals surface area (Å²) in [7, 11) is 0. The molecule has 0 atom stereocenters. The number of halogens is 1. The van der Waals surface area contributed by atoms with Crippen molar-refractivity contribution in [2.45, 2.75) is 20.4 Å². The molecule has 2 rings (SSSR count). The minimum absolute atomic E-state index is 0.115. The molecule has 2 aromatic rings. The first-order valence-corrected chi connectivity index (χ1v) is 9.03. The summed E-state index contributed by atoms with van der Waals surface area (Å²) in [5.41, 5.74) is 1.60. The van der Waals surface area contributed by atoms with Gasteiger partial charge in [0.05, 0.1) is 17.3 Å². The fourth-order valence-corrected chi connectivity index (χ4v) is 2.81. The number of hydrogen-bond acceptors (Lipinski definition) is 5. The smallest absolute Gasteiger partial charge is 0.325 e. The first kappa shape index (κ1) is 19.1. The quantitative estimate of drug-likeness (QED) is 0.544. The molecule has 0 fully saturated rings. The summed E-state index contributed by atoms with van der Waals surface area (Å²) in [6.07, 6.45) is 3.06. The average molecular weight is 379 g/mol. The molecule has 1 amide bonds. The van der Waals surface area contributed by atoms with E-state index in [1.165, 1.54) is 22.3 Å². The summed E-state index contributed by atoms with van der Waals surface area (Å²) in [5, 5.41) is 3.41. The van der Waals surface area contributed by atoms with Gasteiger partial charge < -0.3 is 9.64 Å². The van der Waals surface area contributed by atoms with Gasteiger partial charge in [-0.25, -0.2) is 4.98 Å². The van der Waals surface area contributed by atoms with E-state index in [9.17, 15) is 9.59 Å². The fourth-order valence-electron chi connectivity index (χ4n) is 2.10. The van der Waals surface area contributed by atoms with Gasteiger partial charge in [-0.3, -0.25) is 9.59 Å². The Morgan fingerprint density at radius 2 is 2.04 bits per heavy atom. The highest BCUT2D eigenvalue weighted by Gasteiger charge is 2.16. The van der Waals surface area contributed by atoms with Gasteiger partial charge in [0.25, 0.3) is 0 Å². The Morgan fingerprint density at radius 1 is 1.32 bits per heavy atom. The maximum atomic E-state index is 12.5. The van der Waals surface area contributed by atoms with Gasteiger partial charge in [-0.05, 0) is 37.6 Å². The van der Waals surface area contributed by atoms with E-state index >= 15 is 0 Å². The van der Waals surface area contributed by atoms with Gasteiger partial charge in [-0.1, -0.05) is 23.7 Å². The van der Waals surface area contributed by atoms with Gasteiger partial charge in [-0.2, -0.15) is 0 Å². The number of rotatable bonds is 7. The van der Waals surface area contributed by atoms with Crippen molar-refractivity contribution in [3.8, 4) is 0 Å². The molecule has 0 unspecified atom stereocenters. The predicted octanol–water partition coefficient (Wildman–Crippen LogP) is 3.71. The molecular weight excluding hydrogens is 360 g/mol. The van der Waals surface area contributed by atoms with E-state index in [0.717, 1.165) is 16.3 Å². The minimum Gasteiger partial charge on any atom is -0.465 e. The Labute approximate surface area is 155 Å². The molecule has 0 aliphatic rings. The van der Waals surface area contributed by atoms with Crippen molar-refractivity contribution in [1.82, 2.24) is 9.88 Å². The highest BCUT2D eigenvalue weighted by Crippen LogP contribution is 2.13. The van der Waals surface area contributed by atoms with E-state index in [0.29, 0.717) is 5.02 Å². The number of aromatic nitrogens is 1. The second-order valence-electron chi connectivity index (χ2n) is 5.25. The Kier molecular flexibility index (Phi) is 7.16. The first-order chi connectivity index (χ1) is 12.0. The molecular formula is C18H19ClN2O3S. The van der Waals surface area contributed by atoms with Crippen molar-refractivity contribution >= 4 is 40.9 Å². The van der Waals surface area contributed by atoms with E-state index in [-0.39, 0.29) is 25.6 Å². The van der Waals surface area contributed by atoms with Crippen LogP contribution in [-0.2, 0) is 20.9 Å². The predicted molar refractivity (Wildman–Crippen MR) is 99.4 cm³/mol. The van der Waals surface area contributed by atoms with E-state index in [2.05, 4.69) is 4.98 Å². The number of hydrogen-bond donors (Lipinski definition) is 0. The van der Waals surface area contributed by atoms with E-state index < -0.39 is 5.97 Å². The van der Waals surface area contributed by atoms with Crippen molar-refractivity contribution in [3.05, 3.63) is 57.0 Å². The molecule has 0 aliphatic carbocycles. The molecule has 0 aliphatic heterocycles. The molecule has 0 radical (unpaired) electrons. The van der Waals surface area contributed by atoms with Crippen LogP contribution in [-0.4, -0.2) is 34.9 Å². The van der Waals surface area contributed by atoms with Crippen molar-refractivity contribution in [1.29, 1.82) is 0 Å². The normalized spacial score (nSPS) is 10.8. The Hall–Kier alpha value is -2.18. The molecule has 0 bridgehead atoms. The fraction of sp³-hybridized carbons (Fsp3) is 0.278. The highest BCUT2D eigenvalue weighted by atomic mass is 35.5. The Morgan fingerprint density at radius 3 is 2.64 bits per heavy atom. The van der Waals surface area contributed by atoms with E-state index in [1.807, 2.05) is 24.4 Å². The second-order valence-corrected chi connectivity index (χ2v) is 6.75. The highest BCUT2D eigenvalue weighted by molar-refractivity contribution is 7.09. The molecule has 0 saturated heterocycles. The number of aryl methyl sites for hydroxylation is 1. The zero-order chi connectivity index (χ0) is 18.2. The van der Waals surface area contributed by atoms with Crippen LogP contribution in [0.15, 0.2) is 35.7 Å². The number of carbonyl (C=O) groups is 2. The SMILES string of the molecule is CCOC(=O)CN(Cc1ccc(Cl)cc1)C(=O)/C=C/c1csc(C)n1. The lowest BCUT2D eigenvalue weighted by Crippen LogP contribution is -2.35. The number of carbonyl (C=O) groups excluding carboxylic acids is 2. The summed E-state index contributed by atoms with van der Waals surface area (Å²) in [5.74, 6) is -0.726. The molecule has 1 aromatic carbocycles. The molecule has 7 heteroatoms. The molecule has 25 heavy (non-hydrogen) atoms. The third kappa shape index (κ3) is 6.32. The lowest BCUT2D eigenvalue weighted by atomic mass is 10.2. The zero-order valence-electron chi connectivity index (χ0n) is 14.1. The van der Waals surface area contributed by atoms with Gasteiger partial charge >= 0.3 is 5.97 Å². The topological polar surface area (TPSA) is 59.5 Å². The van der Waals surface area contributed by atoms with Crippen LogP contribution in [0.2, 0.25) is 5.02 Å². The largest absolute Gasteiger partial charge is 0.465 e. The number of esters is 1. The lowest BCUT2D eigenvalue weighted by molar-refractivity contribution is -0.148. The third-order valence-corrected chi connectivity index (χ3v) is 4.30. The molecule has 1 heterocycles. The van der Waals surface area contributed by atoms with Crippen LogP contribution in [0, 0.1) is 6.92 Å². The summed E-state index contributed by atoms with van der Waals surface area (Å²) < 4.78 is 4.96. The average Bonchev–Trinajstić information content (AvgIpc) is 2.99. The van der Waals surface area contributed by atoms with Crippen LogP contribution in [0.3, 0.4) is 0 Å². The number of nitrogens with zero attached hydrogens (tertiary/aromatic N) is 2. The van der Waals surface area contributed by atoms with E-state index in [1.54, 1.807) is 25.1 Å². The Bertz CT molecular complexity index is 756. The molecule has 0 saturated carbocycles. The van der Waals surface area contributed by atoms with Gasteiger partial charge in [0, 0.05) is 23.0 Å². The summed E-state index contributed by atoms with van der Waals surface area (Å²) in [6, 6.07) is 7.14. The minimum atomic E-state index is -0.442. The van der Waals surface area contributed by atoms with Crippen LogP contribution in [0.25, 0.3) is 6.08 Å². The zero-order valence-corrected chi connectivity index (χ0v) is 15.6. The van der Waals surface area contributed by atoms with Crippen LogP contribution in [0.1, 0.15) is 23.2 Å². The number of benzene rings is 1. The third-order valence-electron chi connectivity index (χ3n) is 3.26. The second kappa shape index (κ2) is 9.34. The molecule has 0 spiro atoms. The van der Waals surface area contributed by atoms with Crippen LogP contribution >= 0.6 is 22.9 Å². The molecule has 5 nitrogen and oxygen atoms in total. The van der Waals surface area contributed by atoms with Gasteiger partial charge in [0.15, 0.2) is 0 Å². The summed E-state index contributed by atoms with van der Waals surface area (Å²) >= 11 is 7.40. The van der Waals surface area contributed by atoms with Crippen molar-refractivity contribution in [3.63, 3.8) is 0 Å². The maximum absolute atomic E-state index is 12.5. The first-order valence-electron chi connectivity index (χ1n) is 7.77. The van der Waals surface area contributed by atoms with Crippen molar-refractivity contribution in [2.75, 3.05) is 13.2 Å². The summed E-state index contributed by atoms with van der Waals surface area (Å²) in [4.78, 5) is 30.0. The van der Waals surface area contributed by atoms with Gasteiger partial charge in [0.1, 0.15) is 6.54 Å². The van der Waals surface area contributed by atoms with Crippen LogP contribution in [0.4, 0.5) is 0 Å². The standard InChI is InChI=1S/C18H19ClN2O3S/c1-3-24-18(23)11-21(10-14-4-6-15(19)7-5-14)17(22)9-8-16-12-25-13(2)20-16/h4-9,12H,3,10-11H2,1-2H3/b9-8+. The number of thiazole rings is 1.